The Kier molecular flexibility index (Phi) is 5.12. The highest BCUT2D eigenvalue weighted by atomic mass is 32.2. The Morgan fingerprint density at radius 1 is 1.28 bits per heavy atom. The van der Waals surface area contributed by atoms with E-state index in [1.165, 1.54) is 28.8 Å². The van der Waals surface area contributed by atoms with Gasteiger partial charge in [0, 0.05) is 38.6 Å². The Balaban J connectivity index is 1.70. The van der Waals surface area contributed by atoms with Gasteiger partial charge >= 0.3 is 6.03 Å². The maximum Gasteiger partial charge on any atom is 0.317 e. The molecule has 1 aliphatic heterocycles. The van der Waals surface area contributed by atoms with Gasteiger partial charge in [0.1, 0.15) is 0 Å². The van der Waals surface area contributed by atoms with Gasteiger partial charge in [-0.05, 0) is 35.1 Å². The number of hydrogen-bond donors (Lipinski definition) is 1. The molecule has 0 saturated carbocycles. The van der Waals surface area contributed by atoms with E-state index in [0.29, 0.717) is 18.7 Å². The van der Waals surface area contributed by atoms with Gasteiger partial charge in [0.2, 0.25) is 10.0 Å². The summed E-state index contributed by atoms with van der Waals surface area (Å²) in [5.74, 6) is 0. The van der Waals surface area contributed by atoms with Crippen molar-refractivity contribution in [2.75, 3.05) is 20.6 Å². The van der Waals surface area contributed by atoms with Gasteiger partial charge in [-0.1, -0.05) is 18.2 Å². The molecule has 0 bridgehead atoms. The fourth-order valence-corrected chi connectivity index (χ4v) is 4.81. The van der Waals surface area contributed by atoms with E-state index in [1.54, 1.807) is 40.5 Å². The lowest BCUT2D eigenvalue weighted by atomic mass is 10.1. The van der Waals surface area contributed by atoms with Gasteiger partial charge in [0.15, 0.2) is 0 Å². The zero-order valence-electron chi connectivity index (χ0n) is 14.2. The molecule has 1 aromatic carbocycles. The summed E-state index contributed by atoms with van der Waals surface area (Å²) in [6.45, 7) is 1.45. The molecule has 0 radical (unpaired) electrons. The van der Waals surface area contributed by atoms with Gasteiger partial charge in [0.25, 0.3) is 0 Å². The van der Waals surface area contributed by atoms with Crippen LogP contribution in [-0.2, 0) is 29.5 Å². The number of nitrogens with zero attached hydrogens (tertiary/aromatic N) is 2. The molecule has 0 saturated heterocycles. The lowest BCUT2D eigenvalue weighted by Gasteiger charge is -2.27. The van der Waals surface area contributed by atoms with Crippen molar-refractivity contribution in [3.05, 3.63) is 51.7 Å². The predicted molar refractivity (Wildman–Crippen MR) is 98.0 cm³/mol. The van der Waals surface area contributed by atoms with Crippen LogP contribution in [0.3, 0.4) is 0 Å². The van der Waals surface area contributed by atoms with Crippen LogP contribution in [0.5, 0.6) is 0 Å². The van der Waals surface area contributed by atoms with Gasteiger partial charge in [-0.2, -0.15) is 0 Å². The lowest BCUT2D eigenvalue weighted by molar-refractivity contribution is 0.192. The quantitative estimate of drug-likeness (QED) is 0.886. The van der Waals surface area contributed by atoms with Crippen LogP contribution in [0, 0.1) is 0 Å². The summed E-state index contributed by atoms with van der Waals surface area (Å²) in [5.41, 5.74) is 1.78. The van der Waals surface area contributed by atoms with Crippen molar-refractivity contribution in [2.24, 2.45) is 0 Å². The molecule has 2 amide bonds. The molecule has 3 rings (SSSR count). The highest BCUT2D eigenvalue weighted by Crippen LogP contribution is 2.24. The smallest absolute Gasteiger partial charge is 0.317 e. The Bertz CT molecular complexity index is 875. The molecule has 0 atom stereocenters. The average molecular weight is 380 g/mol. The first-order valence-electron chi connectivity index (χ1n) is 7.98. The average Bonchev–Trinajstić information content (AvgIpc) is 3.07. The van der Waals surface area contributed by atoms with E-state index < -0.39 is 10.0 Å². The standard InChI is InChI=1S/C17H21N3O3S2/c1-19(2)25(22,23)16-6-4-3-5-13(16)11-18-17(21)20-9-7-15-14(12-20)8-10-24-15/h3-6,8,10H,7,9,11-12H2,1-2H3,(H,18,21). The Hall–Kier alpha value is -1.90. The third-order valence-electron chi connectivity index (χ3n) is 4.26. The molecule has 0 spiro atoms. The molecule has 0 aliphatic carbocycles. The van der Waals surface area contributed by atoms with Gasteiger partial charge in [-0.25, -0.2) is 17.5 Å². The molecule has 1 aromatic heterocycles. The van der Waals surface area contributed by atoms with Crippen LogP contribution in [0.1, 0.15) is 16.0 Å². The van der Waals surface area contributed by atoms with Gasteiger partial charge in [-0.15, -0.1) is 11.3 Å². The van der Waals surface area contributed by atoms with E-state index in [9.17, 15) is 13.2 Å². The van der Waals surface area contributed by atoms with Crippen molar-refractivity contribution in [3.63, 3.8) is 0 Å². The first kappa shape index (κ1) is 17.9. The summed E-state index contributed by atoms with van der Waals surface area (Å²) in [6, 6.07) is 8.63. The third kappa shape index (κ3) is 3.70. The largest absolute Gasteiger partial charge is 0.334 e. The molecular weight excluding hydrogens is 358 g/mol. The number of urea groups is 1. The molecule has 25 heavy (non-hydrogen) atoms. The fourth-order valence-electron chi connectivity index (χ4n) is 2.80. The fraction of sp³-hybridized carbons (Fsp3) is 0.353. The number of sulfonamides is 1. The lowest BCUT2D eigenvalue weighted by Crippen LogP contribution is -2.42. The molecule has 2 aromatic rings. The SMILES string of the molecule is CN(C)S(=O)(=O)c1ccccc1CNC(=O)N1CCc2sccc2C1. The Morgan fingerprint density at radius 2 is 2.04 bits per heavy atom. The summed E-state index contributed by atoms with van der Waals surface area (Å²) >= 11 is 1.73. The summed E-state index contributed by atoms with van der Waals surface area (Å²) < 4.78 is 26.0. The van der Waals surface area contributed by atoms with Crippen molar-refractivity contribution in [2.45, 2.75) is 24.4 Å². The molecule has 8 heteroatoms. The number of benzene rings is 1. The zero-order valence-corrected chi connectivity index (χ0v) is 15.9. The van der Waals surface area contributed by atoms with E-state index >= 15 is 0 Å². The van der Waals surface area contributed by atoms with E-state index in [-0.39, 0.29) is 17.5 Å². The van der Waals surface area contributed by atoms with Crippen LogP contribution in [0.15, 0.2) is 40.6 Å². The van der Waals surface area contributed by atoms with E-state index in [4.69, 9.17) is 0 Å². The molecule has 0 fully saturated rings. The van der Waals surface area contributed by atoms with E-state index in [2.05, 4.69) is 16.8 Å². The summed E-state index contributed by atoms with van der Waals surface area (Å²) in [4.78, 5) is 15.8. The van der Waals surface area contributed by atoms with Crippen molar-refractivity contribution in [3.8, 4) is 0 Å². The number of carbonyl (C=O) groups is 1. The minimum atomic E-state index is -3.54. The van der Waals surface area contributed by atoms with Crippen LogP contribution >= 0.6 is 11.3 Å². The summed E-state index contributed by atoms with van der Waals surface area (Å²) in [5, 5.41) is 4.90. The van der Waals surface area contributed by atoms with Crippen molar-refractivity contribution < 1.29 is 13.2 Å². The molecule has 1 aliphatic rings. The number of rotatable bonds is 4. The monoisotopic (exact) mass is 379 g/mol. The Morgan fingerprint density at radius 3 is 2.80 bits per heavy atom. The molecule has 2 heterocycles. The third-order valence-corrected chi connectivity index (χ3v) is 7.19. The Labute approximate surface area is 152 Å². The van der Waals surface area contributed by atoms with Gasteiger partial charge in [-0.3, -0.25) is 0 Å². The summed E-state index contributed by atoms with van der Waals surface area (Å²) in [7, 11) is -0.549. The van der Waals surface area contributed by atoms with Gasteiger partial charge in [0.05, 0.1) is 4.90 Å². The van der Waals surface area contributed by atoms with Crippen molar-refractivity contribution in [1.29, 1.82) is 0 Å². The topological polar surface area (TPSA) is 69.7 Å². The second-order valence-corrected chi connectivity index (χ2v) is 9.22. The van der Waals surface area contributed by atoms with Crippen molar-refractivity contribution >= 4 is 27.4 Å². The minimum Gasteiger partial charge on any atom is -0.334 e. The van der Waals surface area contributed by atoms with Crippen LogP contribution in [-0.4, -0.2) is 44.3 Å². The summed E-state index contributed by atoms with van der Waals surface area (Å²) in [6.07, 6.45) is 0.867. The number of thiophene rings is 1. The number of hydrogen-bond acceptors (Lipinski definition) is 4. The van der Waals surface area contributed by atoms with E-state index in [0.717, 1.165) is 6.42 Å². The highest BCUT2D eigenvalue weighted by molar-refractivity contribution is 7.89. The zero-order chi connectivity index (χ0) is 18.0. The normalized spacial score (nSPS) is 14.4. The van der Waals surface area contributed by atoms with E-state index in [1.807, 2.05) is 0 Å². The maximum absolute atomic E-state index is 12.5. The minimum absolute atomic E-state index is 0.172. The number of carbonyl (C=O) groups excluding carboxylic acids is 1. The first-order chi connectivity index (χ1) is 11.9. The van der Waals surface area contributed by atoms with Crippen LogP contribution in [0.4, 0.5) is 4.79 Å². The molecular formula is C17H21N3O3S2. The predicted octanol–water partition coefficient (Wildman–Crippen LogP) is 2.27. The molecule has 0 unspecified atom stereocenters. The second kappa shape index (κ2) is 7.15. The van der Waals surface area contributed by atoms with Crippen LogP contribution < -0.4 is 5.32 Å². The van der Waals surface area contributed by atoms with Crippen molar-refractivity contribution in [1.82, 2.24) is 14.5 Å². The number of amides is 2. The number of nitrogens with one attached hydrogen (secondary N) is 1. The highest BCUT2D eigenvalue weighted by Gasteiger charge is 2.23. The van der Waals surface area contributed by atoms with Gasteiger partial charge < -0.3 is 10.2 Å². The van der Waals surface area contributed by atoms with Crippen LogP contribution in [0.2, 0.25) is 0 Å². The first-order valence-corrected chi connectivity index (χ1v) is 10.3. The number of fused-ring (bicyclic) bond motifs is 1. The van der Waals surface area contributed by atoms with Crippen LogP contribution in [0.25, 0.3) is 0 Å². The molecule has 134 valence electrons. The second-order valence-electron chi connectivity index (χ2n) is 6.09. The molecule has 1 N–H and O–H groups in total. The maximum atomic E-state index is 12.5. The molecule has 6 nitrogen and oxygen atoms in total.